The first kappa shape index (κ1) is 13.9. The number of esters is 1. The molecule has 0 saturated heterocycles. The smallest absolute Gasteiger partial charge is 0.343 e. The predicted octanol–water partition coefficient (Wildman–Crippen LogP) is 2.24. The van der Waals surface area contributed by atoms with Gasteiger partial charge in [-0.05, 0) is 6.92 Å². The van der Waals surface area contributed by atoms with Gasteiger partial charge >= 0.3 is 11.7 Å². The molecule has 0 aliphatic heterocycles. The normalized spacial score (nSPS) is 10.5. The molecule has 9 heteroatoms. The quantitative estimate of drug-likeness (QED) is 0.473. The van der Waals surface area contributed by atoms with Crippen LogP contribution >= 0.6 is 0 Å². The standard InChI is InChI=1S/C9H7F3N2O4/c1-2-18-9(15)5-6(10)4(14(16)17)3-13-7(5)8(11)12/h3,8H,2H2,1H3. The van der Waals surface area contributed by atoms with Gasteiger partial charge in [-0.2, -0.15) is 4.39 Å². The Kier molecular flexibility index (Phi) is 4.18. The summed E-state index contributed by atoms with van der Waals surface area (Å²) in [6, 6.07) is 0. The zero-order valence-corrected chi connectivity index (χ0v) is 9.02. The van der Waals surface area contributed by atoms with Gasteiger partial charge in [0.1, 0.15) is 17.5 Å². The molecular weight excluding hydrogens is 257 g/mol. The number of nitrogens with zero attached hydrogens (tertiary/aromatic N) is 2. The number of carbonyl (C=O) groups is 1. The molecule has 18 heavy (non-hydrogen) atoms. The zero-order chi connectivity index (χ0) is 13.9. The summed E-state index contributed by atoms with van der Waals surface area (Å²) in [6.45, 7) is 1.19. The lowest BCUT2D eigenvalue weighted by Crippen LogP contribution is -2.14. The molecule has 6 nitrogen and oxygen atoms in total. The van der Waals surface area contributed by atoms with Crippen LogP contribution in [0.3, 0.4) is 0 Å². The summed E-state index contributed by atoms with van der Waals surface area (Å²) in [7, 11) is 0. The second-order valence-corrected chi connectivity index (χ2v) is 3.00. The van der Waals surface area contributed by atoms with Crippen LogP contribution in [0, 0.1) is 15.9 Å². The minimum atomic E-state index is -3.25. The Morgan fingerprint density at radius 1 is 1.61 bits per heavy atom. The Morgan fingerprint density at radius 2 is 2.22 bits per heavy atom. The number of hydrogen-bond donors (Lipinski definition) is 0. The molecule has 0 aromatic carbocycles. The Hall–Kier alpha value is -2.19. The molecule has 0 aliphatic rings. The summed E-state index contributed by atoms with van der Waals surface area (Å²) in [5, 5.41) is 10.4. The molecule has 1 heterocycles. The number of rotatable bonds is 4. The highest BCUT2D eigenvalue weighted by atomic mass is 19.3. The average Bonchev–Trinajstić information content (AvgIpc) is 2.27. The first-order valence-electron chi connectivity index (χ1n) is 4.68. The van der Waals surface area contributed by atoms with Crippen LogP contribution in [-0.2, 0) is 4.74 Å². The molecule has 0 N–H and O–H groups in total. The van der Waals surface area contributed by atoms with E-state index in [-0.39, 0.29) is 6.61 Å². The maximum Gasteiger partial charge on any atom is 0.343 e. The summed E-state index contributed by atoms with van der Waals surface area (Å²) >= 11 is 0. The number of halogens is 3. The first-order chi connectivity index (χ1) is 8.40. The van der Waals surface area contributed by atoms with Crippen LogP contribution < -0.4 is 0 Å². The van der Waals surface area contributed by atoms with Gasteiger partial charge < -0.3 is 4.74 Å². The van der Waals surface area contributed by atoms with Gasteiger partial charge in [0, 0.05) is 0 Å². The van der Waals surface area contributed by atoms with E-state index in [0.717, 1.165) is 0 Å². The van der Waals surface area contributed by atoms with E-state index in [1.54, 1.807) is 0 Å². The van der Waals surface area contributed by atoms with Crippen molar-refractivity contribution in [3.05, 3.63) is 33.4 Å². The lowest BCUT2D eigenvalue weighted by atomic mass is 10.1. The van der Waals surface area contributed by atoms with E-state index >= 15 is 0 Å². The van der Waals surface area contributed by atoms with E-state index in [9.17, 15) is 28.1 Å². The van der Waals surface area contributed by atoms with Crippen LogP contribution in [-0.4, -0.2) is 22.5 Å². The summed E-state index contributed by atoms with van der Waals surface area (Å²) in [6.07, 6.45) is -2.92. The van der Waals surface area contributed by atoms with Gasteiger partial charge in [0.2, 0.25) is 5.82 Å². The Balaban J connectivity index is 3.45. The zero-order valence-electron chi connectivity index (χ0n) is 9.02. The number of pyridine rings is 1. The third kappa shape index (κ3) is 2.55. The number of alkyl halides is 2. The van der Waals surface area contributed by atoms with Crippen LogP contribution in [0.1, 0.15) is 29.4 Å². The predicted molar refractivity (Wildman–Crippen MR) is 51.8 cm³/mol. The van der Waals surface area contributed by atoms with Gasteiger partial charge in [-0.1, -0.05) is 0 Å². The van der Waals surface area contributed by atoms with Crippen molar-refractivity contribution < 1.29 is 27.6 Å². The monoisotopic (exact) mass is 264 g/mol. The summed E-state index contributed by atoms with van der Waals surface area (Å²) < 4.78 is 43.0. The minimum absolute atomic E-state index is 0.191. The highest BCUT2D eigenvalue weighted by Crippen LogP contribution is 2.28. The molecule has 0 fully saturated rings. The fourth-order valence-corrected chi connectivity index (χ4v) is 1.18. The average molecular weight is 264 g/mol. The first-order valence-corrected chi connectivity index (χ1v) is 4.68. The van der Waals surface area contributed by atoms with Gasteiger partial charge in [-0.25, -0.2) is 18.6 Å². The van der Waals surface area contributed by atoms with Crippen LogP contribution in [0.4, 0.5) is 18.9 Å². The number of carbonyl (C=O) groups excluding carboxylic acids is 1. The third-order valence-corrected chi connectivity index (χ3v) is 1.91. The third-order valence-electron chi connectivity index (χ3n) is 1.91. The Bertz CT molecular complexity index is 493. The topological polar surface area (TPSA) is 82.3 Å². The molecule has 0 bridgehead atoms. The second-order valence-electron chi connectivity index (χ2n) is 3.00. The van der Waals surface area contributed by atoms with E-state index in [4.69, 9.17) is 0 Å². The lowest BCUT2D eigenvalue weighted by molar-refractivity contribution is -0.387. The molecular formula is C9H7F3N2O4. The molecule has 0 unspecified atom stereocenters. The molecule has 0 atom stereocenters. The highest BCUT2D eigenvalue weighted by Gasteiger charge is 2.31. The summed E-state index contributed by atoms with van der Waals surface area (Å²) in [4.78, 5) is 23.6. The molecule has 0 amide bonds. The Labute approximate surface area is 98.5 Å². The molecule has 0 aliphatic carbocycles. The summed E-state index contributed by atoms with van der Waals surface area (Å²) in [5.41, 5.74) is -3.56. The molecule has 0 radical (unpaired) electrons. The largest absolute Gasteiger partial charge is 0.462 e. The van der Waals surface area contributed by atoms with Crippen molar-refractivity contribution in [1.82, 2.24) is 4.98 Å². The van der Waals surface area contributed by atoms with Gasteiger partial charge in [0.15, 0.2) is 0 Å². The van der Waals surface area contributed by atoms with E-state index in [2.05, 4.69) is 9.72 Å². The fourth-order valence-electron chi connectivity index (χ4n) is 1.18. The van der Waals surface area contributed by atoms with Crippen molar-refractivity contribution in [3.8, 4) is 0 Å². The second kappa shape index (κ2) is 5.43. The molecule has 98 valence electrons. The van der Waals surface area contributed by atoms with E-state index in [0.29, 0.717) is 6.20 Å². The van der Waals surface area contributed by atoms with Crippen LogP contribution in [0.5, 0.6) is 0 Å². The van der Waals surface area contributed by atoms with Crippen molar-refractivity contribution in [2.45, 2.75) is 13.3 Å². The van der Waals surface area contributed by atoms with Crippen molar-refractivity contribution in [2.75, 3.05) is 6.61 Å². The molecule has 0 saturated carbocycles. The molecule has 1 aromatic rings. The Morgan fingerprint density at radius 3 is 2.67 bits per heavy atom. The fraction of sp³-hybridized carbons (Fsp3) is 0.333. The number of ether oxygens (including phenoxy) is 1. The minimum Gasteiger partial charge on any atom is -0.462 e. The van der Waals surface area contributed by atoms with Crippen molar-refractivity contribution >= 4 is 11.7 Å². The summed E-state index contributed by atoms with van der Waals surface area (Å²) in [5.74, 6) is -3.09. The van der Waals surface area contributed by atoms with Crippen molar-refractivity contribution in [1.29, 1.82) is 0 Å². The van der Waals surface area contributed by atoms with E-state index in [1.807, 2.05) is 0 Å². The van der Waals surface area contributed by atoms with Crippen LogP contribution in [0.25, 0.3) is 0 Å². The van der Waals surface area contributed by atoms with Gasteiger partial charge in [-0.15, -0.1) is 0 Å². The van der Waals surface area contributed by atoms with Crippen molar-refractivity contribution in [2.24, 2.45) is 0 Å². The number of aromatic nitrogens is 1. The van der Waals surface area contributed by atoms with Gasteiger partial charge in [-0.3, -0.25) is 10.1 Å². The van der Waals surface area contributed by atoms with Crippen LogP contribution in [0.2, 0.25) is 0 Å². The maximum atomic E-state index is 13.6. The van der Waals surface area contributed by atoms with Gasteiger partial charge in [0.25, 0.3) is 6.43 Å². The number of hydrogen-bond acceptors (Lipinski definition) is 5. The molecule has 1 rings (SSSR count). The number of nitro groups is 1. The van der Waals surface area contributed by atoms with E-state index < -0.39 is 40.1 Å². The van der Waals surface area contributed by atoms with Gasteiger partial charge in [0.05, 0.1) is 11.5 Å². The lowest BCUT2D eigenvalue weighted by Gasteiger charge is -2.08. The highest BCUT2D eigenvalue weighted by molar-refractivity contribution is 5.91. The van der Waals surface area contributed by atoms with Crippen LogP contribution in [0.15, 0.2) is 6.20 Å². The SMILES string of the molecule is CCOC(=O)c1c(C(F)F)ncc([N+](=O)[O-])c1F. The molecule has 0 spiro atoms. The molecule has 1 aromatic heterocycles. The van der Waals surface area contributed by atoms with E-state index in [1.165, 1.54) is 6.92 Å². The maximum absolute atomic E-state index is 13.6. The van der Waals surface area contributed by atoms with Crippen molar-refractivity contribution in [3.63, 3.8) is 0 Å².